The first-order chi connectivity index (χ1) is 10.3. The SMILES string of the molecule is CN(C)c1ccc2c(c1)Cc1cc(N(C)C)ccc1S2(=O)=O. The predicted octanol–water partition coefficient (Wildman–Crippen LogP) is 2.56. The molecule has 3 rings (SSSR count). The van der Waals surface area contributed by atoms with Crippen molar-refractivity contribution in [3.05, 3.63) is 47.5 Å². The van der Waals surface area contributed by atoms with Crippen LogP contribution in [0.25, 0.3) is 0 Å². The van der Waals surface area contributed by atoms with Crippen LogP contribution in [0.4, 0.5) is 11.4 Å². The third kappa shape index (κ3) is 2.25. The second-order valence-corrected chi connectivity index (χ2v) is 7.94. The van der Waals surface area contributed by atoms with Crippen molar-refractivity contribution in [2.45, 2.75) is 16.2 Å². The first-order valence-corrected chi connectivity index (χ1v) is 8.64. The lowest BCUT2D eigenvalue weighted by atomic mass is 10.0. The van der Waals surface area contributed by atoms with Gasteiger partial charge >= 0.3 is 0 Å². The monoisotopic (exact) mass is 316 g/mol. The van der Waals surface area contributed by atoms with Crippen LogP contribution in [0.5, 0.6) is 0 Å². The number of rotatable bonds is 2. The highest BCUT2D eigenvalue weighted by molar-refractivity contribution is 7.91. The molecule has 0 saturated heterocycles. The van der Waals surface area contributed by atoms with Crippen molar-refractivity contribution in [2.24, 2.45) is 0 Å². The molecular weight excluding hydrogens is 296 g/mol. The second-order valence-electron chi connectivity index (χ2n) is 6.05. The van der Waals surface area contributed by atoms with Gasteiger partial charge in [0.25, 0.3) is 0 Å². The molecule has 0 atom stereocenters. The summed E-state index contributed by atoms with van der Waals surface area (Å²) in [5.74, 6) is 0. The van der Waals surface area contributed by atoms with Crippen LogP contribution in [0, 0.1) is 0 Å². The fourth-order valence-corrected chi connectivity index (χ4v) is 4.50. The summed E-state index contributed by atoms with van der Waals surface area (Å²) in [6.45, 7) is 0. The van der Waals surface area contributed by atoms with Crippen molar-refractivity contribution in [2.75, 3.05) is 38.0 Å². The Bertz CT molecular complexity index is 776. The lowest BCUT2D eigenvalue weighted by Gasteiger charge is -2.24. The molecule has 0 fully saturated rings. The highest BCUT2D eigenvalue weighted by atomic mass is 32.2. The Morgan fingerprint density at radius 2 is 1.18 bits per heavy atom. The standard InChI is InChI=1S/C17H20N2O2S/c1-18(2)14-5-7-16-12(10-14)9-13-11-15(19(3)4)6-8-17(13)22(16,20)21/h5-8,10-11H,9H2,1-4H3. The molecule has 1 aliphatic rings. The zero-order valence-electron chi connectivity index (χ0n) is 13.3. The molecule has 1 aliphatic heterocycles. The third-order valence-corrected chi connectivity index (χ3v) is 6.04. The number of sulfone groups is 1. The molecule has 0 spiro atoms. The van der Waals surface area contributed by atoms with Gasteiger partial charge in [0, 0.05) is 46.0 Å². The van der Waals surface area contributed by atoms with E-state index in [1.165, 1.54) is 0 Å². The number of benzene rings is 2. The lowest BCUT2D eigenvalue weighted by Crippen LogP contribution is -2.17. The van der Waals surface area contributed by atoms with Crippen LogP contribution in [-0.2, 0) is 16.3 Å². The van der Waals surface area contributed by atoms with Gasteiger partial charge in [-0.25, -0.2) is 8.42 Å². The van der Waals surface area contributed by atoms with Gasteiger partial charge < -0.3 is 9.80 Å². The Kier molecular flexibility index (Phi) is 3.40. The first-order valence-electron chi connectivity index (χ1n) is 7.16. The highest BCUT2D eigenvalue weighted by Crippen LogP contribution is 2.37. The minimum Gasteiger partial charge on any atom is -0.378 e. The van der Waals surface area contributed by atoms with Gasteiger partial charge in [-0.05, 0) is 47.5 Å². The van der Waals surface area contributed by atoms with Crippen LogP contribution in [0.2, 0.25) is 0 Å². The summed E-state index contributed by atoms with van der Waals surface area (Å²) >= 11 is 0. The van der Waals surface area contributed by atoms with Crippen LogP contribution < -0.4 is 9.80 Å². The molecular formula is C17H20N2O2S. The minimum atomic E-state index is -3.42. The summed E-state index contributed by atoms with van der Waals surface area (Å²) in [5.41, 5.74) is 3.77. The second kappa shape index (κ2) is 5.02. The van der Waals surface area contributed by atoms with Crippen molar-refractivity contribution in [3.63, 3.8) is 0 Å². The van der Waals surface area contributed by atoms with Crippen LogP contribution in [0.1, 0.15) is 11.1 Å². The maximum Gasteiger partial charge on any atom is 0.207 e. The molecule has 0 aromatic heterocycles. The van der Waals surface area contributed by atoms with Crippen molar-refractivity contribution in [1.29, 1.82) is 0 Å². The van der Waals surface area contributed by atoms with Gasteiger partial charge in [0.2, 0.25) is 9.84 Å². The van der Waals surface area contributed by atoms with Crippen molar-refractivity contribution < 1.29 is 8.42 Å². The quantitative estimate of drug-likeness (QED) is 0.728. The molecule has 0 amide bonds. The maximum absolute atomic E-state index is 12.8. The Balaban J connectivity index is 2.19. The van der Waals surface area contributed by atoms with E-state index in [9.17, 15) is 8.42 Å². The summed E-state index contributed by atoms with van der Waals surface area (Å²) < 4.78 is 25.7. The van der Waals surface area contributed by atoms with E-state index in [4.69, 9.17) is 0 Å². The first kappa shape index (κ1) is 14.9. The molecule has 2 aromatic carbocycles. The van der Waals surface area contributed by atoms with Gasteiger partial charge in [0.1, 0.15) is 0 Å². The van der Waals surface area contributed by atoms with Gasteiger partial charge in [-0.15, -0.1) is 0 Å². The number of fused-ring (bicyclic) bond motifs is 2. The summed E-state index contributed by atoms with van der Waals surface area (Å²) in [6, 6.07) is 11.1. The fraction of sp³-hybridized carbons (Fsp3) is 0.294. The molecule has 22 heavy (non-hydrogen) atoms. The van der Waals surface area contributed by atoms with Crippen molar-refractivity contribution in [3.8, 4) is 0 Å². The predicted molar refractivity (Wildman–Crippen MR) is 89.8 cm³/mol. The average molecular weight is 316 g/mol. The summed E-state index contributed by atoms with van der Waals surface area (Å²) in [6.07, 6.45) is 0.646. The molecule has 0 saturated carbocycles. The van der Waals surface area contributed by atoms with Gasteiger partial charge in [0.05, 0.1) is 9.79 Å². The number of anilines is 2. The van der Waals surface area contributed by atoms with Gasteiger partial charge in [-0.2, -0.15) is 0 Å². The maximum atomic E-state index is 12.8. The Morgan fingerprint density at radius 3 is 1.55 bits per heavy atom. The molecule has 4 nitrogen and oxygen atoms in total. The number of hydrogen-bond donors (Lipinski definition) is 0. The molecule has 1 heterocycles. The molecule has 5 heteroatoms. The summed E-state index contributed by atoms with van der Waals surface area (Å²) in [5, 5.41) is 0. The minimum absolute atomic E-state index is 0.434. The summed E-state index contributed by atoms with van der Waals surface area (Å²) in [4.78, 5) is 4.84. The van der Waals surface area contributed by atoms with E-state index in [-0.39, 0.29) is 0 Å². The topological polar surface area (TPSA) is 40.6 Å². The summed E-state index contributed by atoms with van der Waals surface area (Å²) in [7, 11) is 4.40. The van der Waals surface area contributed by atoms with Crippen LogP contribution >= 0.6 is 0 Å². The average Bonchev–Trinajstić information content (AvgIpc) is 2.46. The van der Waals surface area contributed by atoms with Crippen LogP contribution in [0.15, 0.2) is 46.2 Å². The van der Waals surface area contributed by atoms with E-state index in [0.717, 1.165) is 22.5 Å². The molecule has 0 N–H and O–H groups in total. The molecule has 116 valence electrons. The number of nitrogens with zero attached hydrogens (tertiary/aromatic N) is 2. The van der Waals surface area contributed by atoms with E-state index >= 15 is 0 Å². The molecule has 0 bridgehead atoms. The normalized spacial score (nSPS) is 14.9. The lowest BCUT2D eigenvalue weighted by molar-refractivity contribution is 0.591. The molecule has 2 aromatic rings. The van der Waals surface area contributed by atoms with Gasteiger partial charge in [0.15, 0.2) is 0 Å². The Labute approximate surface area is 131 Å². The molecule has 0 radical (unpaired) electrons. The fourth-order valence-electron chi connectivity index (χ4n) is 2.81. The third-order valence-electron chi connectivity index (χ3n) is 4.08. The molecule has 0 aliphatic carbocycles. The van der Waals surface area contributed by atoms with Crippen LogP contribution in [0.3, 0.4) is 0 Å². The smallest absolute Gasteiger partial charge is 0.207 e. The van der Waals surface area contributed by atoms with Crippen molar-refractivity contribution in [1.82, 2.24) is 0 Å². The van der Waals surface area contributed by atoms with Gasteiger partial charge in [-0.1, -0.05) is 0 Å². The number of hydrogen-bond acceptors (Lipinski definition) is 4. The van der Waals surface area contributed by atoms with Crippen LogP contribution in [-0.4, -0.2) is 36.6 Å². The zero-order chi connectivity index (χ0) is 16.1. The zero-order valence-corrected chi connectivity index (χ0v) is 14.1. The van der Waals surface area contributed by atoms with Crippen molar-refractivity contribution >= 4 is 21.2 Å². The van der Waals surface area contributed by atoms with E-state index in [1.54, 1.807) is 12.1 Å². The Hall–Kier alpha value is -2.01. The van der Waals surface area contributed by atoms with E-state index in [2.05, 4.69) is 0 Å². The van der Waals surface area contributed by atoms with E-state index in [0.29, 0.717) is 16.2 Å². The van der Waals surface area contributed by atoms with E-state index < -0.39 is 9.84 Å². The van der Waals surface area contributed by atoms with Gasteiger partial charge in [-0.3, -0.25) is 0 Å². The highest BCUT2D eigenvalue weighted by Gasteiger charge is 2.29. The Morgan fingerprint density at radius 1 is 0.773 bits per heavy atom. The molecule has 0 unspecified atom stereocenters. The van der Waals surface area contributed by atoms with E-state index in [1.807, 2.05) is 62.3 Å². The largest absolute Gasteiger partial charge is 0.378 e.